The Bertz CT molecular complexity index is 870. The van der Waals surface area contributed by atoms with Crippen LogP contribution in [0, 0.1) is 0 Å². The highest BCUT2D eigenvalue weighted by atomic mass is 32.2. The second-order valence-corrected chi connectivity index (χ2v) is 9.48. The molecule has 0 unspecified atom stereocenters. The average molecular weight is 420 g/mol. The predicted molar refractivity (Wildman–Crippen MR) is 110 cm³/mol. The molecule has 7 nitrogen and oxygen atoms in total. The first-order valence-corrected chi connectivity index (χ1v) is 11.8. The minimum atomic E-state index is -3.47. The lowest BCUT2D eigenvalue weighted by Gasteiger charge is -2.34. The Balaban J connectivity index is 1.21. The molecule has 4 rings (SSSR count). The van der Waals surface area contributed by atoms with E-state index in [9.17, 15) is 8.42 Å². The number of rotatable bonds is 8. The smallest absolute Gasteiger partial charge is 0.276 e. The number of para-hydroxylation sites is 1. The molecule has 0 atom stereocenters. The summed E-state index contributed by atoms with van der Waals surface area (Å²) in [6.45, 7) is 7.21. The summed E-state index contributed by atoms with van der Waals surface area (Å²) in [6, 6.07) is 13.3. The number of hydrogen-bond donors (Lipinski definition) is 0. The molecule has 0 amide bonds. The molecular weight excluding hydrogens is 390 g/mol. The molecule has 0 saturated carbocycles. The van der Waals surface area contributed by atoms with Gasteiger partial charge in [0.1, 0.15) is 18.1 Å². The van der Waals surface area contributed by atoms with Crippen LogP contribution < -0.4 is 4.74 Å². The monoisotopic (exact) mass is 419 g/mol. The van der Waals surface area contributed by atoms with E-state index in [1.54, 1.807) is 12.1 Å². The van der Waals surface area contributed by atoms with Crippen LogP contribution >= 0.6 is 0 Å². The summed E-state index contributed by atoms with van der Waals surface area (Å²) in [5.74, 6) is 1.62. The molecule has 0 spiro atoms. The van der Waals surface area contributed by atoms with Crippen LogP contribution in [0.3, 0.4) is 0 Å². The minimum absolute atomic E-state index is 0.0751. The first-order chi connectivity index (χ1) is 14.1. The van der Waals surface area contributed by atoms with E-state index in [-0.39, 0.29) is 5.09 Å². The summed E-state index contributed by atoms with van der Waals surface area (Å²) < 4.78 is 38.2. The predicted octanol–water partition coefficient (Wildman–Crippen LogP) is 2.26. The Hall–Kier alpha value is -1.87. The van der Waals surface area contributed by atoms with Crippen molar-refractivity contribution in [3.63, 3.8) is 0 Å². The lowest BCUT2D eigenvalue weighted by Crippen LogP contribution is -2.46. The molecule has 0 aliphatic carbocycles. The molecule has 2 aliphatic rings. The quantitative estimate of drug-likeness (QED) is 0.654. The van der Waals surface area contributed by atoms with Gasteiger partial charge in [-0.3, -0.25) is 9.80 Å². The van der Waals surface area contributed by atoms with Crippen LogP contribution in [0.2, 0.25) is 0 Å². The standard InChI is InChI=1S/C21H29N3O4S/c25-29(26,24-10-4-5-11-24)21-9-8-20(28-21)18-23-14-12-22(13-15-23)16-17-27-19-6-2-1-3-7-19/h1-3,6-9H,4-5,10-18H2. The lowest BCUT2D eigenvalue weighted by molar-refractivity contribution is 0.106. The number of hydrogen-bond acceptors (Lipinski definition) is 6. The SMILES string of the molecule is O=S(=O)(c1ccc(CN2CCN(CCOc3ccccc3)CC2)o1)N1CCCC1. The van der Waals surface area contributed by atoms with Crippen LogP contribution in [0.1, 0.15) is 18.6 Å². The maximum Gasteiger partial charge on any atom is 0.276 e. The third kappa shape index (κ3) is 5.19. The van der Waals surface area contributed by atoms with Crippen LogP contribution in [0.5, 0.6) is 5.75 Å². The van der Waals surface area contributed by atoms with Gasteiger partial charge in [-0.15, -0.1) is 0 Å². The zero-order valence-electron chi connectivity index (χ0n) is 16.7. The van der Waals surface area contributed by atoms with Gasteiger partial charge in [-0.05, 0) is 37.1 Å². The Morgan fingerprint density at radius 2 is 1.55 bits per heavy atom. The molecule has 158 valence electrons. The fraction of sp³-hybridized carbons (Fsp3) is 0.524. The summed E-state index contributed by atoms with van der Waals surface area (Å²) in [7, 11) is -3.47. The fourth-order valence-electron chi connectivity index (χ4n) is 3.84. The zero-order chi connectivity index (χ0) is 20.1. The third-order valence-corrected chi connectivity index (χ3v) is 7.33. The van der Waals surface area contributed by atoms with Gasteiger partial charge in [0, 0.05) is 45.8 Å². The molecule has 2 saturated heterocycles. The third-order valence-electron chi connectivity index (χ3n) is 5.56. The van der Waals surface area contributed by atoms with E-state index in [0.717, 1.165) is 51.3 Å². The summed E-state index contributed by atoms with van der Waals surface area (Å²) in [4.78, 5) is 4.70. The number of piperazine rings is 1. The van der Waals surface area contributed by atoms with E-state index in [4.69, 9.17) is 9.15 Å². The fourth-order valence-corrected chi connectivity index (χ4v) is 5.28. The van der Waals surface area contributed by atoms with Crippen molar-refractivity contribution in [2.75, 3.05) is 52.4 Å². The molecule has 0 radical (unpaired) electrons. The Morgan fingerprint density at radius 1 is 0.862 bits per heavy atom. The maximum absolute atomic E-state index is 12.6. The molecule has 8 heteroatoms. The molecule has 29 heavy (non-hydrogen) atoms. The number of sulfonamides is 1. The molecule has 2 aliphatic heterocycles. The largest absolute Gasteiger partial charge is 0.492 e. The summed E-state index contributed by atoms with van der Waals surface area (Å²) in [5.41, 5.74) is 0. The molecule has 0 bridgehead atoms. The van der Waals surface area contributed by atoms with Crippen LogP contribution in [0.15, 0.2) is 52.0 Å². The van der Waals surface area contributed by atoms with Gasteiger partial charge < -0.3 is 9.15 Å². The van der Waals surface area contributed by atoms with Crippen LogP contribution in [0.4, 0.5) is 0 Å². The lowest BCUT2D eigenvalue weighted by atomic mass is 10.3. The van der Waals surface area contributed by atoms with E-state index < -0.39 is 10.0 Å². The van der Waals surface area contributed by atoms with Gasteiger partial charge in [0.05, 0.1) is 6.54 Å². The van der Waals surface area contributed by atoms with Crippen LogP contribution in [-0.2, 0) is 16.6 Å². The van der Waals surface area contributed by atoms with E-state index in [1.165, 1.54) is 4.31 Å². The van der Waals surface area contributed by atoms with Crippen molar-refractivity contribution in [3.8, 4) is 5.75 Å². The Kier molecular flexibility index (Phi) is 6.54. The summed E-state index contributed by atoms with van der Waals surface area (Å²) >= 11 is 0. The minimum Gasteiger partial charge on any atom is -0.492 e. The summed E-state index contributed by atoms with van der Waals surface area (Å²) in [6.07, 6.45) is 1.85. The Morgan fingerprint density at radius 3 is 2.28 bits per heavy atom. The maximum atomic E-state index is 12.6. The van der Waals surface area contributed by atoms with E-state index in [1.807, 2.05) is 30.3 Å². The summed E-state index contributed by atoms with van der Waals surface area (Å²) in [5, 5.41) is 0.0751. The first kappa shape index (κ1) is 20.4. The van der Waals surface area contributed by atoms with Crippen LogP contribution in [-0.4, -0.2) is 74.9 Å². The average Bonchev–Trinajstić information content (AvgIpc) is 3.43. The molecule has 3 heterocycles. The van der Waals surface area contributed by atoms with E-state index in [0.29, 0.717) is 32.0 Å². The van der Waals surface area contributed by atoms with Gasteiger partial charge in [0.25, 0.3) is 10.0 Å². The van der Waals surface area contributed by atoms with Gasteiger partial charge in [-0.2, -0.15) is 4.31 Å². The van der Waals surface area contributed by atoms with Crippen molar-refractivity contribution >= 4 is 10.0 Å². The highest BCUT2D eigenvalue weighted by Crippen LogP contribution is 2.23. The number of benzene rings is 1. The van der Waals surface area contributed by atoms with Crippen molar-refractivity contribution < 1.29 is 17.6 Å². The highest BCUT2D eigenvalue weighted by molar-refractivity contribution is 7.89. The number of furan rings is 1. The van der Waals surface area contributed by atoms with E-state index >= 15 is 0 Å². The van der Waals surface area contributed by atoms with Crippen molar-refractivity contribution in [1.29, 1.82) is 0 Å². The second-order valence-electron chi connectivity index (χ2n) is 7.61. The van der Waals surface area contributed by atoms with Crippen LogP contribution in [0.25, 0.3) is 0 Å². The van der Waals surface area contributed by atoms with Crippen molar-refractivity contribution in [2.45, 2.75) is 24.5 Å². The molecule has 2 aromatic rings. The van der Waals surface area contributed by atoms with Gasteiger partial charge in [0.15, 0.2) is 0 Å². The van der Waals surface area contributed by atoms with E-state index in [2.05, 4.69) is 9.80 Å². The van der Waals surface area contributed by atoms with Crippen molar-refractivity contribution in [2.24, 2.45) is 0 Å². The van der Waals surface area contributed by atoms with Crippen molar-refractivity contribution in [3.05, 3.63) is 48.2 Å². The van der Waals surface area contributed by atoms with Gasteiger partial charge in [0.2, 0.25) is 5.09 Å². The topological polar surface area (TPSA) is 66.2 Å². The highest BCUT2D eigenvalue weighted by Gasteiger charge is 2.30. The number of ether oxygens (including phenoxy) is 1. The van der Waals surface area contributed by atoms with Crippen molar-refractivity contribution in [1.82, 2.24) is 14.1 Å². The molecule has 0 N–H and O–H groups in total. The number of nitrogens with zero attached hydrogens (tertiary/aromatic N) is 3. The first-order valence-electron chi connectivity index (χ1n) is 10.3. The van der Waals surface area contributed by atoms with Gasteiger partial charge in [-0.25, -0.2) is 8.42 Å². The second kappa shape index (κ2) is 9.30. The normalized spacial score (nSPS) is 19.6. The molecule has 1 aromatic heterocycles. The zero-order valence-corrected chi connectivity index (χ0v) is 17.5. The Labute approximate surface area is 172 Å². The molecule has 1 aromatic carbocycles. The molecule has 2 fully saturated rings. The van der Waals surface area contributed by atoms with Gasteiger partial charge in [-0.1, -0.05) is 18.2 Å². The molecular formula is C21H29N3O4S. The van der Waals surface area contributed by atoms with Gasteiger partial charge >= 0.3 is 0 Å².